The maximum absolute atomic E-state index is 12.9. The number of amides is 1. The summed E-state index contributed by atoms with van der Waals surface area (Å²) in [4.78, 5) is 12.9. The van der Waals surface area contributed by atoms with Crippen LogP contribution in [0.3, 0.4) is 0 Å². The molecule has 218 valence electrons. The van der Waals surface area contributed by atoms with Crippen molar-refractivity contribution in [2.75, 3.05) is 7.11 Å². The van der Waals surface area contributed by atoms with Crippen LogP contribution in [0.1, 0.15) is 27.2 Å². The van der Waals surface area contributed by atoms with Crippen molar-refractivity contribution in [1.82, 2.24) is 9.99 Å². The van der Waals surface area contributed by atoms with E-state index in [1.54, 1.807) is 25.5 Å². The van der Waals surface area contributed by atoms with Crippen LogP contribution >= 0.6 is 15.9 Å². The van der Waals surface area contributed by atoms with E-state index in [1.807, 2.05) is 54.6 Å². The highest BCUT2D eigenvalue weighted by Crippen LogP contribution is 2.34. The van der Waals surface area contributed by atoms with Gasteiger partial charge in [-0.3, -0.25) is 4.79 Å². The van der Waals surface area contributed by atoms with Crippen molar-refractivity contribution >= 4 is 38.8 Å². The van der Waals surface area contributed by atoms with Crippen molar-refractivity contribution in [3.63, 3.8) is 0 Å². The molecule has 1 N–H and O–H groups in total. The number of hydrogen-bond donors (Lipinski definition) is 1. The molecule has 1 aromatic heterocycles. The summed E-state index contributed by atoms with van der Waals surface area (Å²) in [7, 11) is 1.59. The molecule has 0 aliphatic carbocycles. The second kappa shape index (κ2) is 13.0. The molecule has 0 saturated carbocycles. The molecular weight excluding hydrogens is 614 g/mol. The summed E-state index contributed by atoms with van der Waals surface area (Å²) >= 11 is 3.59. The number of benzene rings is 5. The predicted octanol–water partition coefficient (Wildman–Crippen LogP) is 8.72. The molecule has 1 amide bonds. The van der Waals surface area contributed by atoms with Crippen molar-refractivity contribution in [3.8, 4) is 28.4 Å². The SMILES string of the molecule is COc1cc(/C=N/NC(=O)c2ccc(-n3c(C)ccc3-c3ccccc3)cc2)c(Br)cc1OCc1ccc2ccccc2c1. The molecule has 7 heteroatoms. The minimum absolute atomic E-state index is 0.307. The molecule has 0 spiro atoms. The summed E-state index contributed by atoms with van der Waals surface area (Å²) in [5.74, 6) is 0.855. The Labute approximate surface area is 264 Å². The average Bonchev–Trinajstić information content (AvgIpc) is 3.46. The molecule has 44 heavy (non-hydrogen) atoms. The van der Waals surface area contributed by atoms with Crippen LogP contribution in [0.4, 0.5) is 0 Å². The van der Waals surface area contributed by atoms with Gasteiger partial charge in [-0.25, -0.2) is 5.43 Å². The monoisotopic (exact) mass is 643 g/mol. The highest BCUT2D eigenvalue weighted by molar-refractivity contribution is 9.10. The van der Waals surface area contributed by atoms with Crippen LogP contribution in [0.15, 0.2) is 131 Å². The number of rotatable bonds is 9. The number of ether oxygens (including phenoxy) is 2. The molecule has 6 rings (SSSR count). The normalized spacial score (nSPS) is 11.2. The summed E-state index contributed by atoms with van der Waals surface area (Å²) in [6.45, 7) is 2.46. The van der Waals surface area contributed by atoms with Crippen molar-refractivity contribution in [3.05, 3.63) is 148 Å². The number of aryl methyl sites for hydroxylation is 1. The molecule has 6 nitrogen and oxygen atoms in total. The number of methoxy groups -OCH3 is 1. The van der Waals surface area contributed by atoms with Crippen molar-refractivity contribution in [1.29, 1.82) is 0 Å². The molecule has 0 atom stereocenters. The Morgan fingerprint density at radius 2 is 1.59 bits per heavy atom. The van der Waals surface area contributed by atoms with Crippen LogP contribution in [-0.4, -0.2) is 23.8 Å². The lowest BCUT2D eigenvalue weighted by Crippen LogP contribution is -2.17. The van der Waals surface area contributed by atoms with Gasteiger partial charge in [-0.2, -0.15) is 5.10 Å². The van der Waals surface area contributed by atoms with Gasteiger partial charge < -0.3 is 14.0 Å². The standard InChI is InChI=1S/C37H30BrN3O3/c1-25-12-19-34(28-9-4-3-5-10-28)41(25)32-17-15-29(16-18-32)37(42)40-39-23-31-21-35(43-2)36(22-33(31)38)44-24-26-13-14-27-8-6-7-11-30(27)20-26/h3-23H,24H2,1-2H3,(H,40,42)/b39-23+. The van der Waals surface area contributed by atoms with Crippen LogP contribution < -0.4 is 14.9 Å². The fraction of sp³-hybridized carbons (Fsp3) is 0.0811. The van der Waals surface area contributed by atoms with Crippen molar-refractivity contribution in [2.45, 2.75) is 13.5 Å². The Morgan fingerprint density at radius 3 is 2.36 bits per heavy atom. The van der Waals surface area contributed by atoms with Crippen molar-refractivity contribution < 1.29 is 14.3 Å². The first-order valence-corrected chi connectivity index (χ1v) is 14.9. The van der Waals surface area contributed by atoms with E-state index in [-0.39, 0.29) is 5.91 Å². The zero-order valence-electron chi connectivity index (χ0n) is 24.3. The molecule has 1 heterocycles. The van der Waals surface area contributed by atoms with E-state index in [0.29, 0.717) is 23.7 Å². The van der Waals surface area contributed by atoms with E-state index < -0.39 is 0 Å². The zero-order chi connectivity index (χ0) is 30.5. The summed E-state index contributed by atoms with van der Waals surface area (Å²) in [6.07, 6.45) is 1.57. The van der Waals surface area contributed by atoms with Gasteiger partial charge in [0.2, 0.25) is 0 Å². The number of hydrazone groups is 1. The number of halogens is 1. The molecule has 0 saturated heterocycles. The lowest BCUT2D eigenvalue weighted by molar-refractivity contribution is 0.0955. The first-order valence-electron chi connectivity index (χ1n) is 14.2. The Bertz CT molecular complexity index is 1960. The minimum atomic E-state index is -0.307. The number of nitrogens with zero attached hydrogens (tertiary/aromatic N) is 2. The van der Waals surface area contributed by atoms with E-state index >= 15 is 0 Å². The maximum Gasteiger partial charge on any atom is 0.271 e. The first-order chi connectivity index (χ1) is 21.5. The van der Waals surface area contributed by atoms with Crippen molar-refractivity contribution in [2.24, 2.45) is 5.10 Å². The molecule has 0 fully saturated rings. The fourth-order valence-corrected chi connectivity index (χ4v) is 5.54. The highest BCUT2D eigenvalue weighted by atomic mass is 79.9. The molecule has 0 unspecified atom stereocenters. The Hall–Kier alpha value is -5.14. The lowest BCUT2D eigenvalue weighted by atomic mass is 10.1. The Kier molecular flexibility index (Phi) is 8.57. The molecule has 5 aromatic carbocycles. The average molecular weight is 645 g/mol. The van der Waals surface area contributed by atoms with Gasteiger partial charge in [0.25, 0.3) is 5.91 Å². The number of carbonyl (C=O) groups excluding carboxylic acids is 1. The van der Waals surface area contributed by atoms with Gasteiger partial charge in [-0.05, 0) is 99.4 Å². The molecule has 0 bridgehead atoms. The lowest BCUT2D eigenvalue weighted by Gasteiger charge is -2.13. The number of aromatic nitrogens is 1. The van der Waals surface area contributed by atoms with Crippen LogP contribution in [0.5, 0.6) is 11.5 Å². The van der Waals surface area contributed by atoms with E-state index in [9.17, 15) is 4.79 Å². The maximum atomic E-state index is 12.9. The second-order valence-electron chi connectivity index (χ2n) is 10.3. The third-order valence-electron chi connectivity index (χ3n) is 7.39. The van der Waals surface area contributed by atoms with Gasteiger partial charge >= 0.3 is 0 Å². The number of hydrogen-bond acceptors (Lipinski definition) is 4. The molecule has 6 aromatic rings. The summed E-state index contributed by atoms with van der Waals surface area (Å²) in [5, 5.41) is 6.55. The van der Waals surface area contributed by atoms with Crippen LogP contribution in [0, 0.1) is 6.92 Å². The smallest absolute Gasteiger partial charge is 0.271 e. The highest BCUT2D eigenvalue weighted by Gasteiger charge is 2.12. The van der Waals surface area contributed by atoms with E-state index in [4.69, 9.17) is 9.47 Å². The molecule has 0 aliphatic rings. The number of nitrogens with one attached hydrogen (secondary N) is 1. The first kappa shape index (κ1) is 29.0. The van der Waals surface area contributed by atoms with Gasteiger partial charge in [-0.1, -0.05) is 66.7 Å². The largest absolute Gasteiger partial charge is 0.493 e. The molecule has 0 radical (unpaired) electrons. The predicted molar refractivity (Wildman–Crippen MR) is 180 cm³/mol. The van der Waals surface area contributed by atoms with Crippen LogP contribution in [0.25, 0.3) is 27.7 Å². The van der Waals surface area contributed by atoms with Gasteiger partial charge in [0.15, 0.2) is 11.5 Å². The third kappa shape index (κ3) is 6.28. The van der Waals surface area contributed by atoms with E-state index in [0.717, 1.165) is 38.2 Å². The topological polar surface area (TPSA) is 64.8 Å². The molecule has 0 aliphatic heterocycles. The van der Waals surface area contributed by atoms with Gasteiger partial charge in [0.05, 0.1) is 19.0 Å². The minimum Gasteiger partial charge on any atom is -0.493 e. The van der Waals surface area contributed by atoms with E-state index in [2.05, 4.69) is 92.5 Å². The number of fused-ring (bicyclic) bond motifs is 1. The third-order valence-corrected chi connectivity index (χ3v) is 8.08. The van der Waals surface area contributed by atoms with Gasteiger partial charge in [0.1, 0.15) is 6.61 Å². The van der Waals surface area contributed by atoms with E-state index in [1.165, 1.54) is 10.8 Å². The van der Waals surface area contributed by atoms with Gasteiger partial charge in [-0.15, -0.1) is 0 Å². The second-order valence-corrected chi connectivity index (χ2v) is 11.2. The summed E-state index contributed by atoms with van der Waals surface area (Å²) in [6, 6.07) is 40.1. The van der Waals surface area contributed by atoms with Gasteiger partial charge in [0, 0.05) is 27.0 Å². The van der Waals surface area contributed by atoms with Crippen LogP contribution in [-0.2, 0) is 6.61 Å². The summed E-state index contributed by atoms with van der Waals surface area (Å²) < 4.78 is 14.6. The summed E-state index contributed by atoms with van der Waals surface area (Å²) in [5.41, 5.74) is 9.22. The Morgan fingerprint density at radius 1 is 0.841 bits per heavy atom. The zero-order valence-corrected chi connectivity index (χ0v) is 25.9. The quantitative estimate of drug-likeness (QED) is 0.127. The fourth-order valence-electron chi connectivity index (χ4n) is 5.11. The number of carbonyl (C=O) groups is 1. The molecular formula is C37H30BrN3O3. The van der Waals surface area contributed by atoms with Crippen LogP contribution in [0.2, 0.25) is 0 Å². The Balaban J connectivity index is 1.11.